The van der Waals surface area contributed by atoms with E-state index in [4.69, 9.17) is 21.4 Å². The second-order valence-electron chi connectivity index (χ2n) is 7.15. The molecule has 3 rings (SSSR count). The van der Waals surface area contributed by atoms with E-state index in [0.29, 0.717) is 35.6 Å². The summed E-state index contributed by atoms with van der Waals surface area (Å²) < 4.78 is 22.1. The van der Waals surface area contributed by atoms with Gasteiger partial charge in [-0.15, -0.1) is 0 Å². The predicted octanol–water partition coefficient (Wildman–Crippen LogP) is 2.85. The Morgan fingerprint density at radius 1 is 1.30 bits per heavy atom. The van der Waals surface area contributed by atoms with Crippen molar-refractivity contribution in [1.82, 2.24) is 14.3 Å². The SMILES string of the molecule is CC(C)NC(=O)Cn1c(-c2ccc(F)c(Cl)c2)cn2cc(OCCCO)cc2c1=O. The fourth-order valence-corrected chi connectivity index (χ4v) is 3.25. The van der Waals surface area contributed by atoms with Crippen LogP contribution in [0.3, 0.4) is 0 Å². The van der Waals surface area contributed by atoms with Crippen molar-refractivity contribution in [3.05, 3.63) is 57.9 Å². The molecular weight excluding hydrogens is 413 g/mol. The van der Waals surface area contributed by atoms with Crippen molar-refractivity contribution in [2.75, 3.05) is 13.2 Å². The largest absolute Gasteiger partial charge is 0.492 e. The molecule has 0 atom stereocenters. The maximum absolute atomic E-state index is 13.6. The van der Waals surface area contributed by atoms with Crippen LogP contribution in [0.2, 0.25) is 5.02 Å². The van der Waals surface area contributed by atoms with Crippen LogP contribution in [0.5, 0.6) is 5.75 Å². The maximum Gasteiger partial charge on any atom is 0.275 e. The summed E-state index contributed by atoms with van der Waals surface area (Å²) >= 11 is 5.93. The second-order valence-corrected chi connectivity index (χ2v) is 7.56. The van der Waals surface area contributed by atoms with Gasteiger partial charge in [-0.2, -0.15) is 0 Å². The Kier molecular flexibility index (Phi) is 6.79. The highest BCUT2D eigenvalue weighted by atomic mass is 35.5. The van der Waals surface area contributed by atoms with Gasteiger partial charge >= 0.3 is 0 Å². The Labute approximate surface area is 177 Å². The summed E-state index contributed by atoms with van der Waals surface area (Å²) in [7, 11) is 0. The Balaban J connectivity index is 2.12. The molecule has 0 bridgehead atoms. The van der Waals surface area contributed by atoms with Gasteiger partial charge in [-0.05, 0) is 32.0 Å². The molecule has 0 aliphatic rings. The van der Waals surface area contributed by atoms with Crippen molar-refractivity contribution in [1.29, 1.82) is 0 Å². The second kappa shape index (κ2) is 9.32. The van der Waals surface area contributed by atoms with E-state index in [1.165, 1.54) is 22.8 Å². The Morgan fingerprint density at radius 2 is 2.07 bits per heavy atom. The van der Waals surface area contributed by atoms with Gasteiger partial charge in [0.2, 0.25) is 5.91 Å². The lowest BCUT2D eigenvalue weighted by atomic mass is 10.1. The zero-order valence-electron chi connectivity index (χ0n) is 16.7. The van der Waals surface area contributed by atoms with E-state index in [1.807, 2.05) is 13.8 Å². The molecule has 0 aliphatic carbocycles. The van der Waals surface area contributed by atoms with Gasteiger partial charge in [-0.1, -0.05) is 11.6 Å². The highest BCUT2D eigenvalue weighted by Crippen LogP contribution is 2.26. The average Bonchev–Trinajstić information content (AvgIpc) is 3.09. The van der Waals surface area contributed by atoms with Gasteiger partial charge in [0, 0.05) is 36.9 Å². The third kappa shape index (κ3) is 4.83. The first-order chi connectivity index (χ1) is 14.3. The van der Waals surface area contributed by atoms with Crippen molar-refractivity contribution in [2.24, 2.45) is 0 Å². The molecule has 0 radical (unpaired) electrons. The molecule has 2 heterocycles. The van der Waals surface area contributed by atoms with E-state index < -0.39 is 11.4 Å². The number of nitrogens with one attached hydrogen (secondary N) is 1. The first kappa shape index (κ1) is 21.9. The minimum atomic E-state index is -0.575. The third-order valence-electron chi connectivity index (χ3n) is 4.38. The van der Waals surface area contributed by atoms with Gasteiger partial charge in [0.05, 0.1) is 23.5 Å². The fourth-order valence-electron chi connectivity index (χ4n) is 3.07. The summed E-state index contributed by atoms with van der Waals surface area (Å²) in [6.45, 7) is 3.75. The molecule has 0 saturated carbocycles. The van der Waals surface area contributed by atoms with Gasteiger partial charge in [-0.25, -0.2) is 4.39 Å². The highest BCUT2D eigenvalue weighted by molar-refractivity contribution is 6.31. The number of fused-ring (bicyclic) bond motifs is 1. The Hall–Kier alpha value is -2.84. The van der Waals surface area contributed by atoms with Gasteiger partial charge in [0.1, 0.15) is 23.6 Å². The minimum Gasteiger partial charge on any atom is -0.492 e. The monoisotopic (exact) mass is 435 g/mol. The van der Waals surface area contributed by atoms with Crippen LogP contribution in [0.4, 0.5) is 4.39 Å². The molecular formula is C21H23ClFN3O4. The number of nitrogens with zero attached hydrogens (tertiary/aromatic N) is 2. The van der Waals surface area contributed by atoms with E-state index >= 15 is 0 Å². The van der Waals surface area contributed by atoms with Crippen LogP contribution in [0.25, 0.3) is 16.8 Å². The van der Waals surface area contributed by atoms with Crippen molar-refractivity contribution in [3.8, 4) is 17.0 Å². The fraction of sp³-hybridized carbons (Fsp3) is 0.333. The van der Waals surface area contributed by atoms with Gasteiger partial charge < -0.3 is 19.6 Å². The predicted molar refractivity (Wildman–Crippen MR) is 113 cm³/mol. The van der Waals surface area contributed by atoms with E-state index in [-0.39, 0.29) is 30.1 Å². The molecule has 0 saturated heterocycles. The molecule has 0 spiro atoms. The number of hydrogen-bond donors (Lipinski definition) is 2. The first-order valence-electron chi connectivity index (χ1n) is 9.54. The number of aliphatic hydroxyl groups excluding tert-OH is 1. The number of benzene rings is 1. The number of hydrogen-bond acceptors (Lipinski definition) is 4. The molecule has 9 heteroatoms. The molecule has 30 heavy (non-hydrogen) atoms. The number of aliphatic hydroxyl groups is 1. The van der Waals surface area contributed by atoms with E-state index in [9.17, 15) is 14.0 Å². The zero-order valence-corrected chi connectivity index (χ0v) is 17.4. The van der Waals surface area contributed by atoms with Crippen molar-refractivity contribution in [3.63, 3.8) is 0 Å². The number of halogens is 2. The van der Waals surface area contributed by atoms with Gasteiger partial charge in [0.15, 0.2) is 0 Å². The number of ether oxygens (including phenoxy) is 1. The molecule has 2 aromatic heterocycles. The lowest BCUT2D eigenvalue weighted by Crippen LogP contribution is -2.36. The molecule has 0 aliphatic heterocycles. The zero-order chi connectivity index (χ0) is 21.8. The lowest BCUT2D eigenvalue weighted by Gasteiger charge is -2.15. The summed E-state index contributed by atoms with van der Waals surface area (Å²) in [5.41, 5.74) is 0.826. The van der Waals surface area contributed by atoms with Crippen LogP contribution in [0, 0.1) is 5.82 Å². The quantitative estimate of drug-likeness (QED) is 0.533. The topological polar surface area (TPSA) is 85.0 Å². The first-order valence-corrected chi connectivity index (χ1v) is 9.92. The van der Waals surface area contributed by atoms with Crippen LogP contribution >= 0.6 is 11.6 Å². The van der Waals surface area contributed by atoms with E-state index in [1.54, 1.807) is 22.9 Å². The summed E-state index contributed by atoms with van der Waals surface area (Å²) in [6.07, 6.45) is 3.77. The molecule has 3 aromatic rings. The molecule has 0 fully saturated rings. The van der Waals surface area contributed by atoms with Gasteiger partial charge in [-0.3, -0.25) is 14.2 Å². The molecule has 7 nitrogen and oxygen atoms in total. The highest BCUT2D eigenvalue weighted by Gasteiger charge is 2.17. The number of rotatable bonds is 8. The van der Waals surface area contributed by atoms with Crippen LogP contribution < -0.4 is 15.6 Å². The minimum absolute atomic E-state index is 0.000609. The standard InChI is InChI=1S/C21H23ClFN3O4/c1-13(2)24-20(28)12-26-19(14-4-5-17(23)16(22)8-14)11-25-10-15(30-7-3-6-27)9-18(25)21(26)29/h4-5,8-11,13,27H,3,6-7,12H2,1-2H3,(H,24,28). The van der Waals surface area contributed by atoms with Crippen molar-refractivity contribution >= 4 is 23.0 Å². The Morgan fingerprint density at radius 3 is 2.73 bits per heavy atom. The summed E-state index contributed by atoms with van der Waals surface area (Å²) in [5, 5.41) is 11.6. The summed E-state index contributed by atoms with van der Waals surface area (Å²) in [5.74, 6) is -0.432. The van der Waals surface area contributed by atoms with Gasteiger partial charge in [0.25, 0.3) is 5.56 Å². The molecule has 2 N–H and O–H groups in total. The van der Waals surface area contributed by atoms with E-state index in [0.717, 1.165) is 0 Å². The van der Waals surface area contributed by atoms with Crippen molar-refractivity contribution in [2.45, 2.75) is 32.9 Å². The third-order valence-corrected chi connectivity index (χ3v) is 4.67. The Bertz CT molecular complexity index is 1120. The van der Waals surface area contributed by atoms with Crippen LogP contribution in [0.1, 0.15) is 20.3 Å². The smallest absolute Gasteiger partial charge is 0.275 e. The molecule has 1 aromatic carbocycles. The molecule has 160 valence electrons. The lowest BCUT2D eigenvalue weighted by molar-refractivity contribution is -0.122. The maximum atomic E-state index is 13.6. The number of carbonyl (C=O) groups is 1. The average molecular weight is 436 g/mol. The van der Waals surface area contributed by atoms with Crippen molar-refractivity contribution < 1.29 is 19.0 Å². The number of amides is 1. The molecule has 0 unspecified atom stereocenters. The van der Waals surface area contributed by atoms with Crippen LogP contribution in [-0.4, -0.2) is 39.2 Å². The summed E-state index contributed by atoms with van der Waals surface area (Å²) in [6, 6.07) is 5.62. The molecule has 1 amide bonds. The number of aromatic nitrogens is 2. The van der Waals surface area contributed by atoms with Crippen LogP contribution in [-0.2, 0) is 11.3 Å². The van der Waals surface area contributed by atoms with Crippen LogP contribution in [0.15, 0.2) is 41.5 Å². The number of carbonyl (C=O) groups excluding carboxylic acids is 1. The normalized spacial score (nSPS) is 11.3. The summed E-state index contributed by atoms with van der Waals surface area (Å²) in [4.78, 5) is 25.6. The van der Waals surface area contributed by atoms with E-state index in [2.05, 4.69) is 5.32 Å².